The van der Waals surface area contributed by atoms with Gasteiger partial charge >= 0.3 is 5.97 Å². The van der Waals surface area contributed by atoms with E-state index in [1.165, 1.54) is 12.3 Å². The van der Waals surface area contributed by atoms with Crippen molar-refractivity contribution in [3.63, 3.8) is 0 Å². The molecule has 6 nitrogen and oxygen atoms in total. The standard InChI is InChI=1S/C12H10N2O4/c15-11(14-8-1-4-13-5-2-8)7-10-9(12(16)17)3-6-18-10/h1-6H,7H2,(H,16,17)(H,13,14,15). The van der Waals surface area contributed by atoms with E-state index in [4.69, 9.17) is 9.52 Å². The van der Waals surface area contributed by atoms with E-state index in [0.29, 0.717) is 5.69 Å². The van der Waals surface area contributed by atoms with Crippen molar-refractivity contribution in [1.82, 2.24) is 4.98 Å². The Balaban J connectivity index is 2.04. The van der Waals surface area contributed by atoms with Gasteiger partial charge in [0.25, 0.3) is 0 Å². The zero-order chi connectivity index (χ0) is 13.0. The molecular weight excluding hydrogens is 236 g/mol. The van der Waals surface area contributed by atoms with Crippen molar-refractivity contribution >= 4 is 17.6 Å². The molecule has 6 heteroatoms. The van der Waals surface area contributed by atoms with Crippen LogP contribution in [0.3, 0.4) is 0 Å². The molecule has 92 valence electrons. The summed E-state index contributed by atoms with van der Waals surface area (Å²) in [6, 6.07) is 4.59. The Morgan fingerprint density at radius 2 is 2.00 bits per heavy atom. The van der Waals surface area contributed by atoms with Gasteiger partial charge in [0.2, 0.25) is 5.91 Å². The quantitative estimate of drug-likeness (QED) is 0.853. The van der Waals surface area contributed by atoms with E-state index in [9.17, 15) is 9.59 Å². The predicted octanol–water partition coefficient (Wildman–Crippen LogP) is 1.55. The van der Waals surface area contributed by atoms with Crippen LogP contribution in [0.25, 0.3) is 0 Å². The molecule has 0 aliphatic heterocycles. The third-order valence-corrected chi connectivity index (χ3v) is 2.26. The Bertz CT molecular complexity index is 562. The van der Waals surface area contributed by atoms with Crippen molar-refractivity contribution in [3.05, 3.63) is 48.2 Å². The number of rotatable bonds is 4. The fraction of sp³-hybridized carbons (Fsp3) is 0.0833. The molecule has 1 amide bonds. The SMILES string of the molecule is O=C(Cc1occc1C(=O)O)Nc1ccncc1. The Hall–Kier alpha value is -2.63. The molecule has 0 aliphatic carbocycles. The Kier molecular flexibility index (Phi) is 3.38. The number of hydrogen-bond donors (Lipinski definition) is 2. The van der Waals surface area contributed by atoms with Crippen LogP contribution in [0.15, 0.2) is 41.3 Å². The number of furan rings is 1. The van der Waals surface area contributed by atoms with Crippen LogP contribution in [0.4, 0.5) is 5.69 Å². The second-order valence-corrected chi connectivity index (χ2v) is 3.52. The number of carboxylic acid groups (broad SMARTS) is 1. The van der Waals surface area contributed by atoms with Gasteiger partial charge in [0.15, 0.2) is 0 Å². The van der Waals surface area contributed by atoms with Crippen LogP contribution < -0.4 is 5.32 Å². The Labute approximate surface area is 102 Å². The number of aromatic carboxylic acids is 1. The topological polar surface area (TPSA) is 92.4 Å². The number of hydrogen-bond acceptors (Lipinski definition) is 4. The highest BCUT2D eigenvalue weighted by Gasteiger charge is 2.16. The molecular formula is C12H10N2O4. The van der Waals surface area contributed by atoms with Crippen molar-refractivity contribution in [2.75, 3.05) is 5.32 Å². The molecule has 0 atom stereocenters. The molecule has 0 radical (unpaired) electrons. The molecule has 18 heavy (non-hydrogen) atoms. The van der Waals surface area contributed by atoms with E-state index in [1.54, 1.807) is 24.5 Å². The molecule has 2 rings (SSSR count). The lowest BCUT2D eigenvalue weighted by atomic mass is 10.2. The normalized spacial score (nSPS) is 10.0. The second-order valence-electron chi connectivity index (χ2n) is 3.52. The molecule has 0 unspecified atom stereocenters. The van der Waals surface area contributed by atoms with Crippen LogP contribution in [0.1, 0.15) is 16.1 Å². The van der Waals surface area contributed by atoms with Crippen molar-refractivity contribution in [1.29, 1.82) is 0 Å². The first-order valence-electron chi connectivity index (χ1n) is 5.16. The van der Waals surface area contributed by atoms with Gasteiger partial charge in [-0.15, -0.1) is 0 Å². The summed E-state index contributed by atoms with van der Waals surface area (Å²) in [6.07, 6.45) is 4.21. The minimum absolute atomic E-state index is 0.000113. The number of aromatic nitrogens is 1. The Morgan fingerprint density at radius 1 is 1.28 bits per heavy atom. The maximum Gasteiger partial charge on any atom is 0.339 e. The average molecular weight is 246 g/mol. The smallest absolute Gasteiger partial charge is 0.339 e. The summed E-state index contributed by atoms with van der Waals surface area (Å²) in [7, 11) is 0. The second kappa shape index (κ2) is 5.13. The summed E-state index contributed by atoms with van der Waals surface area (Å²) >= 11 is 0. The van der Waals surface area contributed by atoms with Crippen LogP contribution in [0.5, 0.6) is 0 Å². The van der Waals surface area contributed by atoms with Crippen LogP contribution >= 0.6 is 0 Å². The van der Waals surface area contributed by atoms with Gasteiger partial charge in [-0.1, -0.05) is 0 Å². The average Bonchev–Trinajstić information content (AvgIpc) is 2.78. The molecule has 0 saturated carbocycles. The van der Waals surface area contributed by atoms with E-state index in [0.717, 1.165) is 0 Å². The van der Waals surface area contributed by atoms with Gasteiger partial charge in [0.05, 0.1) is 12.7 Å². The number of amides is 1. The van der Waals surface area contributed by atoms with E-state index in [1.807, 2.05) is 0 Å². The van der Waals surface area contributed by atoms with Gasteiger partial charge < -0.3 is 14.8 Å². The highest BCUT2D eigenvalue weighted by Crippen LogP contribution is 2.12. The van der Waals surface area contributed by atoms with Crippen LogP contribution in [-0.4, -0.2) is 22.0 Å². The summed E-state index contributed by atoms with van der Waals surface area (Å²) < 4.78 is 4.98. The highest BCUT2D eigenvalue weighted by atomic mass is 16.4. The van der Waals surface area contributed by atoms with Gasteiger partial charge in [0.1, 0.15) is 11.3 Å². The van der Waals surface area contributed by atoms with E-state index >= 15 is 0 Å². The third-order valence-electron chi connectivity index (χ3n) is 2.26. The van der Waals surface area contributed by atoms with E-state index in [-0.39, 0.29) is 23.7 Å². The molecule has 2 N–H and O–H groups in total. The fourth-order valence-corrected chi connectivity index (χ4v) is 1.45. The maximum absolute atomic E-state index is 11.7. The summed E-state index contributed by atoms with van der Waals surface area (Å²) in [5.74, 6) is -1.33. The first-order chi connectivity index (χ1) is 8.66. The van der Waals surface area contributed by atoms with E-state index in [2.05, 4.69) is 10.3 Å². The summed E-state index contributed by atoms with van der Waals surface area (Å²) in [6.45, 7) is 0. The molecule has 0 aromatic carbocycles. The monoisotopic (exact) mass is 246 g/mol. The zero-order valence-corrected chi connectivity index (χ0v) is 9.29. The van der Waals surface area contributed by atoms with Crippen molar-refractivity contribution in [2.24, 2.45) is 0 Å². The van der Waals surface area contributed by atoms with Crippen molar-refractivity contribution in [3.8, 4) is 0 Å². The lowest BCUT2D eigenvalue weighted by molar-refractivity contribution is -0.115. The largest absolute Gasteiger partial charge is 0.478 e. The number of anilines is 1. The van der Waals surface area contributed by atoms with Gasteiger partial charge in [-0.3, -0.25) is 9.78 Å². The number of carbonyl (C=O) groups is 2. The third kappa shape index (κ3) is 2.73. The van der Waals surface area contributed by atoms with Gasteiger partial charge in [-0.2, -0.15) is 0 Å². The molecule has 2 aromatic heterocycles. The van der Waals surface area contributed by atoms with Crippen molar-refractivity contribution in [2.45, 2.75) is 6.42 Å². The lowest BCUT2D eigenvalue weighted by Crippen LogP contribution is -2.15. The number of nitrogens with zero attached hydrogens (tertiary/aromatic N) is 1. The minimum atomic E-state index is -1.12. The Morgan fingerprint density at radius 3 is 2.67 bits per heavy atom. The predicted molar refractivity (Wildman–Crippen MR) is 62.2 cm³/mol. The molecule has 2 heterocycles. The number of carboxylic acids is 1. The molecule has 0 spiro atoms. The summed E-state index contributed by atoms with van der Waals surface area (Å²) in [5.41, 5.74) is 0.596. The molecule has 0 fully saturated rings. The molecule has 0 aliphatic rings. The van der Waals surface area contributed by atoms with Crippen LogP contribution in [-0.2, 0) is 11.2 Å². The first kappa shape index (κ1) is 11.8. The zero-order valence-electron chi connectivity index (χ0n) is 9.29. The number of carbonyl (C=O) groups excluding carboxylic acids is 1. The number of pyridine rings is 1. The van der Waals surface area contributed by atoms with Crippen LogP contribution in [0.2, 0.25) is 0 Å². The number of nitrogens with one attached hydrogen (secondary N) is 1. The summed E-state index contributed by atoms with van der Waals surface area (Å²) in [4.78, 5) is 26.3. The fourth-order valence-electron chi connectivity index (χ4n) is 1.45. The van der Waals surface area contributed by atoms with E-state index < -0.39 is 5.97 Å². The molecule has 0 bridgehead atoms. The molecule has 2 aromatic rings. The van der Waals surface area contributed by atoms with Gasteiger partial charge in [-0.25, -0.2) is 4.79 Å². The summed E-state index contributed by atoms with van der Waals surface area (Å²) in [5, 5.41) is 11.5. The van der Waals surface area contributed by atoms with Gasteiger partial charge in [0, 0.05) is 18.1 Å². The first-order valence-corrected chi connectivity index (χ1v) is 5.16. The highest BCUT2D eigenvalue weighted by molar-refractivity contribution is 5.95. The maximum atomic E-state index is 11.7. The minimum Gasteiger partial charge on any atom is -0.478 e. The van der Waals surface area contributed by atoms with Gasteiger partial charge in [-0.05, 0) is 18.2 Å². The molecule has 0 saturated heterocycles. The lowest BCUT2D eigenvalue weighted by Gasteiger charge is -2.03. The van der Waals surface area contributed by atoms with Crippen LogP contribution in [0, 0.1) is 0 Å². The van der Waals surface area contributed by atoms with Crippen molar-refractivity contribution < 1.29 is 19.1 Å².